The maximum Gasteiger partial charge on any atom is 0.166 e. The first-order valence-corrected chi connectivity index (χ1v) is 9.68. The molecule has 0 atom stereocenters. The van der Waals surface area contributed by atoms with Gasteiger partial charge in [-0.1, -0.05) is 60.7 Å². The molecule has 0 saturated carbocycles. The van der Waals surface area contributed by atoms with Gasteiger partial charge in [-0.15, -0.1) is 0 Å². The van der Waals surface area contributed by atoms with Gasteiger partial charge in [-0.2, -0.15) is 0 Å². The second-order valence-electron chi connectivity index (χ2n) is 7.26. The average molecular weight is 378 g/mol. The van der Waals surface area contributed by atoms with Crippen LogP contribution in [0.3, 0.4) is 0 Å². The highest BCUT2D eigenvalue weighted by Crippen LogP contribution is 2.19. The molecule has 2 aromatic carbocycles. The van der Waals surface area contributed by atoms with E-state index in [0.29, 0.717) is 13.1 Å². The fraction of sp³-hybridized carbons (Fsp3) is 0.304. The highest BCUT2D eigenvalue weighted by atomic mass is 16.3. The molecule has 3 rings (SSSR count). The molecule has 28 heavy (non-hydrogen) atoms. The average Bonchev–Trinajstić information content (AvgIpc) is 2.70. The summed E-state index contributed by atoms with van der Waals surface area (Å²) in [6.45, 7) is 5.92. The number of piperazine rings is 1. The first-order valence-electron chi connectivity index (χ1n) is 9.68. The molecule has 1 aliphatic rings. The topological polar surface area (TPSA) is 68.8 Å². The second kappa shape index (κ2) is 8.85. The fourth-order valence-corrected chi connectivity index (χ4v) is 4.01. The van der Waals surface area contributed by atoms with Crippen molar-refractivity contribution in [3.05, 3.63) is 83.1 Å². The van der Waals surface area contributed by atoms with Gasteiger partial charge in [0, 0.05) is 11.1 Å². The van der Waals surface area contributed by atoms with Crippen LogP contribution < -0.4 is 4.90 Å². The maximum atomic E-state index is 11.8. The first-order chi connectivity index (χ1) is 13.5. The second-order valence-corrected chi connectivity index (χ2v) is 7.26. The van der Waals surface area contributed by atoms with Crippen LogP contribution in [0, 0.1) is 5.41 Å². The van der Waals surface area contributed by atoms with Crippen molar-refractivity contribution in [1.82, 2.24) is 4.90 Å². The summed E-state index contributed by atoms with van der Waals surface area (Å²) < 4.78 is 0. The molecule has 0 bridgehead atoms. The zero-order valence-corrected chi connectivity index (χ0v) is 16.5. The Balaban J connectivity index is 1.79. The number of aliphatic hydroxyl groups is 1. The lowest BCUT2D eigenvalue weighted by molar-refractivity contribution is -0.929. The number of nitrogens with zero attached hydrogens (tertiary/aromatic N) is 1. The Bertz CT molecular complexity index is 810. The number of ketones is 1. The Hall–Kier alpha value is -2.92. The third kappa shape index (κ3) is 4.31. The Kier molecular flexibility index (Phi) is 6.26. The summed E-state index contributed by atoms with van der Waals surface area (Å²) in [5.41, 5.74) is 2.68. The molecule has 0 spiro atoms. The molecule has 0 aromatic heterocycles. The molecular weight excluding hydrogens is 350 g/mol. The van der Waals surface area contributed by atoms with E-state index in [0.717, 1.165) is 13.1 Å². The van der Waals surface area contributed by atoms with Crippen molar-refractivity contribution in [2.45, 2.75) is 19.9 Å². The van der Waals surface area contributed by atoms with Gasteiger partial charge >= 0.3 is 0 Å². The maximum absolute atomic E-state index is 11.8. The van der Waals surface area contributed by atoms with Gasteiger partial charge in [0.2, 0.25) is 0 Å². The van der Waals surface area contributed by atoms with Crippen molar-refractivity contribution >= 4 is 11.6 Å². The van der Waals surface area contributed by atoms with E-state index in [-0.39, 0.29) is 29.0 Å². The van der Waals surface area contributed by atoms with Gasteiger partial charge in [0.1, 0.15) is 17.6 Å². The number of rotatable bonds is 5. The van der Waals surface area contributed by atoms with Crippen LogP contribution in [0.4, 0.5) is 0 Å². The van der Waals surface area contributed by atoms with Crippen molar-refractivity contribution in [2.75, 3.05) is 26.2 Å². The minimum atomic E-state index is -0.272. The normalized spacial score (nSPS) is 16.0. The number of hydrogen-bond acceptors (Lipinski definition) is 3. The third-order valence-corrected chi connectivity index (χ3v) is 5.35. The molecule has 1 heterocycles. The molecule has 2 aromatic rings. The van der Waals surface area contributed by atoms with Crippen LogP contribution in [0.2, 0.25) is 0 Å². The zero-order chi connectivity index (χ0) is 20.1. The van der Waals surface area contributed by atoms with Crippen molar-refractivity contribution in [3.63, 3.8) is 0 Å². The predicted molar refractivity (Wildman–Crippen MR) is 111 cm³/mol. The van der Waals surface area contributed by atoms with Gasteiger partial charge in [0.25, 0.3) is 0 Å². The summed E-state index contributed by atoms with van der Waals surface area (Å²) in [5, 5.41) is 18.2. The lowest BCUT2D eigenvalue weighted by atomic mass is 9.96. The number of nitrogens with one attached hydrogen (secondary N) is 2. The lowest BCUT2D eigenvalue weighted by Crippen LogP contribution is -3.15. The monoisotopic (exact) mass is 378 g/mol. The summed E-state index contributed by atoms with van der Waals surface area (Å²) in [6.07, 6.45) is 0. The fourth-order valence-electron chi connectivity index (χ4n) is 4.01. The standard InChI is InChI=1S/C23H27N3O2/c1-17(27)21(18(2)28)23(24)26-15-13-25(14-16-26)22(19-9-5-3-6-10-19)20-11-7-4-8-12-20/h3-12,22,24,27H,13-16H2,1-2H3/p+1/b21-17-,24-23?. The molecule has 0 amide bonds. The molecule has 5 heteroatoms. The van der Waals surface area contributed by atoms with Crippen molar-refractivity contribution < 1.29 is 14.8 Å². The number of aliphatic hydroxyl groups excluding tert-OH is 1. The number of allylic oxidation sites excluding steroid dienone is 1. The van der Waals surface area contributed by atoms with Crippen molar-refractivity contribution in [3.8, 4) is 0 Å². The molecule has 0 unspecified atom stereocenters. The Morgan fingerprint density at radius 1 is 0.964 bits per heavy atom. The van der Waals surface area contributed by atoms with Crippen LogP contribution in [-0.2, 0) is 4.79 Å². The van der Waals surface area contributed by atoms with Gasteiger partial charge in [0.05, 0.1) is 31.8 Å². The molecule has 0 radical (unpaired) electrons. The SMILES string of the molecule is CC(=O)/C(C(=N)N1CC[NH+](C(c2ccccc2)c2ccccc2)CC1)=C(\C)O. The number of benzene rings is 2. The van der Waals surface area contributed by atoms with E-state index in [4.69, 9.17) is 5.41 Å². The highest BCUT2D eigenvalue weighted by molar-refractivity contribution is 6.19. The van der Waals surface area contributed by atoms with Crippen LogP contribution in [0.15, 0.2) is 72.0 Å². The van der Waals surface area contributed by atoms with Crippen LogP contribution in [0.25, 0.3) is 0 Å². The summed E-state index contributed by atoms with van der Waals surface area (Å²) in [5.74, 6) is -0.229. The smallest absolute Gasteiger partial charge is 0.166 e. The largest absolute Gasteiger partial charge is 0.512 e. The summed E-state index contributed by atoms with van der Waals surface area (Å²) in [7, 11) is 0. The van der Waals surface area contributed by atoms with Crippen molar-refractivity contribution in [1.29, 1.82) is 5.41 Å². The minimum absolute atomic E-state index is 0.0845. The van der Waals surface area contributed by atoms with Gasteiger partial charge in [-0.25, -0.2) is 0 Å². The lowest BCUT2D eigenvalue weighted by Gasteiger charge is -2.38. The van der Waals surface area contributed by atoms with Crippen molar-refractivity contribution in [2.24, 2.45) is 0 Å². The van der Waals surface area contributed by atoms with E-state index < -0.39 is 0 Å². The molecular formula is C23H28N3O2+. The molecule has 1 saturated heterocycles. The summed E-state index contributed by atoms with van der Waals surface area (Å²) in [4.78, 5) is 15.2. The molecule has 5 nitrogen and oxygen atoms in total. The Morgan fingerprint density at radius 3 is 1.82 bits per heavy atom. The van der Waals surface area contributed by atoms with E-state index in [9.17, 15) is 9.90 Å². The predicted octanol–water partition coefficient (Wildman–Crippen LogP) is 2.37. The number of carbonyl (C=O) groups excluding carboxylic acids is 1. The van der Waals surface area contributed by atoms with E-state index in [1.807, 2.05) is 17.0 Å². The Labute approximate surface area is 166 Å². The molecule has 0 aliphatic carbocycles. The highest BCUT2D eigenvalue weighted by Gasteiger charge is 2.32. The number of amidine groups is 1. The van der Waals surface area contributed by atoms with Crippen LogP contribution in [0.1, 0.15) is 31.0 Å². The van der Waals surface area contributed by atoms with Crippen LogP contribution in [-0.4, -0.2) is 47.8 Å². The minimum Gasteiger partial charge on any atom is -0.512 e. The van der Waals surface area contributed by atoms with E-state index in [2.05, 4.69) is 48.5 Å². The quantitative estimate of drug-likeness (QED) is 0.324. The van der Waals surface area contributed by atoms with Gasteiger partial charge in [0.15, 0.2) is 5.78 Å². The van der Waals surface area contributed by atoms with Crippen LogP contribution in [0.5, 0.6) is 0 Å². The third-order valence-electron chi connectivity index (χ3n) is 5.35. The van der Waals surface area contributed by atoms with Gasteiger partial charge in [-0.3, -0.25) is 10.2 Å². The number of Topliss-reactive ketones (excluding diaryl/α,β-unsaturated/α-hetero) is 1. The number of carbonyl (C=O) groups is 1. The molecule has 1 fully saturated rings. The zero-order valence-electron chi connectivity index (χ0n) is 16.5. The molecule has 1 aliphatic heterocycles. The van der Waals surface area contributed by atoms with E-state index >= 15 is 0 Å². The molecule has 3 N–H and O–H groups in total. The Morgan fingerprint density at radius 2 is 1.43 bits per heavy atom. The van der Waals surface area contributed by atoms with Gasteiger partial charge < -0.3 is 14.9 Å². The van der Waals surface area contributed by atoms with E-state index in [1.165, 1.54) is 29.9 Å². The number of hydrogen-bond donors (Lipinski definition) is 3. The van der Waals surface area contributed by atoms with E-state index in [1.54, 1.807) is 0 Å². The summed E-state index contributed by atoms with van der Waals surface area (Å²) >= 11 is 0. The molecule has 146 valence electrons. The van der Waals surface area contributed by atoms with Gasteiger partial charge in [-0.05, 0) is 13.8 Å². The van der Waals surface area contributed by atoms with Crippen LogP contribution >= 0.6 is 0 Å². The number of quaternary nitrogens is 1. The first kappa shape index (κ1) is 19.8. The summed E-state index contributed by atoms with van der Waals surface area (Å²) in [6, 6.07) is 21.3.